The third kappa shape index (κ3) is 4.78. The average Bonchev–Trinajstić information content (AvgIpc) is 2.90. The van der Waals surface area contributed by atoms with Crippen LogP contribution in [0.4, 0.5) is 5.82 Å². The summed E-state index contributed by atoms with van der Waals surface area (Å²) in [6, 6.07) is 31.6. The van der Waals surface area contributed by atoms with Gasteiger partial charge in [-0.05, 0) is 72.5 Å². The molecule has 0 spiro atoms. The molecule has 5 aromatic rings. The first kappa shape index (κ1) is 23.1. The molecule has 0 aliphatic carbocycles. The van der Waals surface area contributed by atoms with Crippen molar-refractivity contribution in [3.05, 3.63) is 125 Å². The number of nitrogens with zero attached hydrogens (tertiary/aromatic N) is 3. The van der Waals surface area contributed by atoms with E-state index >= 15 is 0 Å². The summed E-state index contributed by atoms with van der Waals surface area (Å²) < 4.78 is 0. The molecule has 35 heavy (non-hydrogen) atoms. The fraction of sp³-hybridized carbons (Fsp3) is 0.161. The highest BCUT2D eigenvalue weighted by atomic mass is 35.5. The number of aromatic nitrogens is 2. The van der Waals surface area contributed by atoms with Crippen LogP contribution in [0, 0.1) is 0 Å². The van der Waals surface area contributed by atoms with Gasteiger partial charge in [0, 0.05) is 47.4 Å². The monoisotopic (exact) mass is 477 g/mol. The second kappa shape index (κ2) is 10.3. The van der Waals surface area contributed by atoms with Gasteiger partial charge in [-0.15, -0.1) is 0 Å². The molecular formula is C31H28ClN3. The second-order valence-corrected chi connectivity index (χ2v) is 9.06. The van der Waals surface area contributed by atoms with Gasteiger partial charge in [-0.25, -0.2) is 4.98 Å². The molecule has 0 saturated heterocycles. The lowest BCUT2D eigenvalue weighted by Gasteiger charge is -2.24. The number of fused-ring (bicyclic) bond motifs is 1. The zero-order valence-corrected chi connectivity index (χ0v) is 20.8. The van der Waals surface area contributed by atoms with Crippen molar-refractivity contribution in [1.29, 1.82) is 0 Å². The first-order valence-electron chi connectivity index (χ1n) is 12.1. The summed E-state index contributed by atoms with van der Waals surface area (Å²) >= 11 is 6.39. The maximum absolute atomic E-state index is 6.39. The summed E-state index contributed by atoms with van der Waals surface area (Å²) in [4.78, 5) is 11.9. The van der Waals surface area contributed by atoms with Gasteiger partial charge in [0.15, 0.2) is 0 Å². The molecule has 2 aromatic heterocycles. The molecule has 3 aromatic carbocycles. The van der Waals surface area contributed by atoms with Crippen molar-refractivity contribution in [3.8, 4) is 11.1 Å². The highest BCUT2D eigenvalue weighted by molar-refractivity contribution is 6.30. The molecule has 1 atom stereocenters. The number of halogens is 1. The highest BCUT2D eigenvalue weighted by Crippen LogP contribution is 2.37. The molecule has 174 valence electrons. The number of hydrogen-bond acceptors (Lipinski definition) is 3. The Labute approximate surface area is 212 Å². The van der Waals surface area contributed by atoms with Crippen molar-refractivity contribution < 1.29 is 0 Å². The summed E-state index contributed by atoms with van der Waals surface area (Å²) in [5.74, 6) is 1.05. The van der Waals surface area contributed by atoms with Gasteiger partial charge in [0.25, 0.3) is 0 Å². The van der Waals surface area contributed by atoms with E-state index in [0.29, 0.717) is 0 Å². The van der Waals surface area contributed by atoms with Gasteiger partial charge in [-0.1, -0.05) is 66.2 Å². The first-order chi connectivity index (χ1) is 17.2. The molecule has 0 amide bonds. The summed E-state index contributed by atoms with van der Waals surface area (Å²) in [5, 5.41) is 1.85. The fourth-order valence-corrected chi connectivity index (χ4v) is 4.97. The Bertz CT molecular complexity index is 1430. The van der Waals surface area contributed by atoms with Gasteiger partial charge < -0.3 is 4.90 Å². The van der Waals surface area contributed by atoms with Crippen molar-refractivity contribution in [2.45, 2.75) is 19.8 Å². The molecule has 0 N–H and O–H groups in total. The van der Waals surface area contributed by atoms with E-state index in [1.54, 1.807) is 0 Å². The molecule has 4 heteroatoms. The Hall–Kier alpha value is -3.69. The van der Waals surface area contributed by atoms with Gasteiger partial charge in [0.2, 0.25) is 0 Å². The Morgan fingerprint density at radius 2 is 1.54 bits per heavy atom. The van der Waals surface area contributed by atoms with Gasteiger partial charge in [-0.3, -0.25) is 4.98 Å². The molecule has 0 radical (unpaired) electrons. The lowest BCUT2D eigenvalue weighted by Crippen LogP contribution is -2.23. The predicted molar refractivity (Wildman–Crippen MR) is 147 cm³/mol. The molecule has 1 unspecified atom stereocenters. The van der Waals surface area contributed by atoms with Crippen LogP contribution in [-0.4, -0.2) is 23.1 Å². The standard InChI is InChI=1S/C31H28ClN3/c1-3-35(4-2)31-28(22-10-6-5-7-11-22)20-26-18-24(15-16-29(26)34-31)30(25-13-9-17-33-21-25)23-12-8-14-27(32)19-23/h5-21,30H,3-4H2,1-2H3. The van der Waals surface area contributed by atoms with Crippen molar-refractivity contribution in [1.82, 2.24) is 9.97 Å². The van der Waals surface area contributed by atoms with Crippen LogP contribution in [0.15, 0.2) is 103 Å². The van der Waals surface area contributed by atoms with Crippen LogP contribution < -0.4 is 4.90 Å². The fourth-order valence-electron chi connectivity index (χ4n) is 4.77. The minimum absolute atomic E-state index is 0.0226. The van der Waals surface area contributed by atoms with Crippen LogP contribution in [0.5, 0.6) is 0 Å². The van der Waals surface area contributed by atoms with E-state index in [-0.39, 0.29) is 5.92 Å². The van der Waals surface area contributed by atoms with E-state index in [1.165, 1.54) is 11.1 Å². The normalized spacial score (nSPS) is 12.0. The molecule has 0 fully saturated rings. The minimum atomic E-state index is 0.0226. The van der Waals surface area contributed by atoms with Gasteiger partial charge >= 0.3 is 0 Å². The maximum Gasteiger partial charge on any atom is 0.137 e. The molecule has 3 nitrogen and oxygen atoms in total. The summed E-state index contributed by atoms with van der Waals surface area (Å²) in [5.41, 5.74) is 6.77. The number of benzene rings is 3. The molecule has 0 saturated carbocycles. The number of anilines is 1. The third-order valence-corrected chi connectivity index (χ3v) is 6.73. The molecular weight excluding hydrogens is 450 g/mol. The van der Waals surface area contributed by atoms with Crippen molar-refractivity contribution in [3.63, 3.8) is 0 Å². The first-order valence-corrected chi connectivity index (χ1v) is 12.5. The number of rotatable bonds is 7. The Balaban J connectivity index is 1.71. The highest BCUT2D eigenvalue weighted by Gasteiger charge is 2.19. The Morgan fingerprint density at radius 3 is 2.26 bits per heavy atom. The van der Waals surface area contributed by atoms with E-state index in [1.807, 2.05) is 36.7 Å². The van der Waals surface area contributed by atoms with Gasteiger partial charge in [0.1, 0.15) is 5.82 Å². The molecule has 2 heterocycles. The average molecular weight is 478 g/mol. The van der Waals surface area contributed by atoms with Crippen molar-refractivity contribution >= 4 is 28.3 Å². The summed E-state index contributed by atoms with van der Waals surface area (Å²) in [6.45, 7) is 6.17. The largest absolute Gasteiger partial charge is 0.357 e. The SMILES string of the molecule is CCN(CC)c1nc2ccc(C(c3cccnc3)c3cccc(Cl)c3)cc2cc1-c1ccccc1. The zero-order chi connectivity index (χ0) is 24.2. The lowest BCUT2D eigenvalue weighted by atomic mass is 9.85. The molecule has 5 rings (SSSR count). The molecule has 0 aliphatic rings. The van der Waals surface area contributed by atoms with Crippen molar-refractivity contribution in [2.24, 2.45) is 0 Å². The Morgan fingerprint density at radius 1 is 0.771 bits per heavy atom. The van der Waals surface area contributed by atoms with E-state index in [9.17, 15) is 0 Å². The topological polar surface area (TPSA) is 29.0 Å². The third-order valence-electron chi connectivity index (χ3n) is 6.50. The smallest absolute Gasteiger partial charge is 0.137 e. The molecule has 0 aliphatic heterocycles. The number of hydrogen-bond donors (Lipinski definition) is 0. The quantitative estimate of drug-likeness (QED) is 0.238. The van der Waals surface area contributed by atoms with Gasteiger partial charge in [-0.2, -0.15) is 0 Å². The van der Waals surface area contributed by atoms with Crippen LogP contribution in [0.3, 0.4) is 0 Å². The van der Waals surface area contributed by atoms with Crippen LogP contribution in [0.2, 0.25) is 5.02 Å². The summed E-state index contributed by atoms with van der Waals surface area (Å²) in [7, 11) is 0. The lowest BCUT2D eigenvalue weighted by molar-refractivity contribution is 0.851. The van der Waals surface area contributed by atoms with Crippen LogP contribution in [0.1, 0.15) is 36.5 Å². The van der Waals surface area contributed by atoms with Crippen molar-refractivity contribution in [2.75, 3.05) is 18.0 Å². The van der Waals surface area contributed by atoms with E-state index in [2.05, 4.69) is 90.5 Å². The molecule has 0 bridgehead atoms. The number of pyridine rings is 2. The van der Waals surface area contributed by atoms with Crippen LogP contribution in [-0.2, 0) is 0 Å². The summed E-state index contributed by atoms with van der Waals surface area (Å²) in [6.07, 6.45) is 3.75. The predicted octanol–water partition coefficient (Wildman–Crippen LogP) is 7.98. The Kier molecular flexibility index (Phi) is 6.78. The van der Waals surface area contributed by atoms with Crippen LogP contribution >= 0.6 is 11.6 Å². The second-order valence-electron chi connectivity index (χ2n) is 8.62. The minimum Gasteiger partial charge on any atom is -0.357 e. The zero-order valence-electron chi connectivity index (χ0n) is 20.0. The van der Waals surface area contributed by atoms with E-state index < -0.39 is 0 Å². The van der Waals surface area contributed by atoms with Gasteiger partial charge in [0.05, 0.1) is 5.52 Å². The maximum atomic E-state index is 6.39. The van der Waals surface area contributed by atoms with E-state index in [4.69, 9.17) is 16.6 Å². The van der Waals surface area contributed by atoms with E-state index in [0.717, 1.165) is 51.5 Å². The van der Waals surface area contributed by atoms with Crippen LogP contribution in [0.25, 0.3) is 22.0 Å².